The number of hydrazine groups is 2. The minimum absolute atomic E-state index is 0.0765. The standard InChI is InChI=1S/C22H24N4O3S2/c1-4-19(28)26(25(3)22(31)17-13-9-6-10-14-17)20(29)15-18(27)23-24(2)21(30)16-11-7-5-8-12-16/h5-14H,4,15H2,1-3H3,(H,23,27). The lowest BCUT2D eigenvalue weighted by Crippen LogP contribution is -2.52. The monoisotopic (exact) mass is 456 g/mol. The number of hydrogen-bond donors (Lipinski definition) is 1. The van der Waals surface area contributed by atoms with Gasteiger partial charge < -0.3 is 0 Å². The van der Waals surface area contributed by atoms with Gasteiger partial charge in [0, 0.05) is 31.6 Å². The number of nitrogens with zero attached hydrogens (tertiary/aromatic N) is 3. The van der Waals surface area contributed by atoms with E-state index in [0.717, 1.165) is 10.6 Å². The zero-order valence-corrected chi connectivity index (χ0v) is 19.2. The van der Waals surface area contributed by atoms with Crippen LogP contribution in [0.1, 0.15) is 30.9 Å². The molecule has 2 aromatic rings. The molecule has 0 aliphatic heterocycles. The van der Waals surface area contributed by atoms with Crippen LogP contribution in [0.25, 0.3) is 0 Å². The Hall–Kier alpha value is -3.17. The van der Waals surface area contributed by atoms with E-state index in [-0.39, 0.29) is 6.42 Å². The molecule has 2 aromatic carbocycles. The van der Waals surface area contributed by atoms with Crippen LogP contribution in [0.4, 0.5) is 0 Å². The number of nitrogens with one attached hydrogen (secondary N) is 1. The van der Waals surface area contributed by atoms with Gasteiger partial charge in [0.15, 0.2) is 0 Å². The Bertz CT molecular complexity index is 967. The second kappa shape index (κ2) is 11.3. The largest absolute Gasteiger partial charge is 0.277 e. The molecule has 0 radical (unpaired) electrons. The van der Waals surface area contributed by atoms with Gasteiger partial charge in [-0.25, -0.2) is 0 Å². The Morgan fingerprint density at radius 1 is 0.806 bits per heavy atom. The van der Waals surface area contributed by atoms with E-state index in [1.165, 1.54) is 17.1 Å². The molecule has 1 N–H and O–H groups in total. The molecule has 0 spiro atoms. The zero-order valence-electron chi connectivity index (χ0n) is 17.6. The predicted molar refractivity (Wildman–Crippen MR) is 127 cm³/mol. The fourth-order valence-electron chi connectivity index (χ4n) is 2.75. The summed E-state index contributed by atoms with van der Waals surface area (Å²) in [4.78, 5) is 38.5. The second-order valence-corrected chi connectivity index (χ2v) is 7.36. The average Bonchev–Trinajstić information content (AvgIpc) is 2.78. The van der Waals surface area contributed by atoms with Crippen LogP contribution in [0.15, 0.2) is 60.7 Å². The first-order chi connectivity index (χ1) is 14.8. The Labute approximate surface area is 192 Å². The Morgan fingerprint density at radius 2 is 1.29 bits per heavy atom. The van der Waals surface area contributed by atoms with Crippen molar-refractivity contribution in [2.24, 2.45) is 0 Å². The summed E-state index contributed by atoms with van der Waals surface area (Å²) in [5.41, 5.74) is 4.00. The third kappa shape index (κ3) is 6.40. The molecule has 0 atom stereocenters. The second-order valence-electron chi connectivity index (χ2n) is 6.59. The van der Waals surface area contributed by atoms with Crippen LogP contribution in [-0.2, 0) is 14.4 Å². The lowest BCUT2D eigenvalue weighted by molar-refractivity contribution is -0.157. The maximum atomic E-state index is 12.8. The smallest absolute Gasteiger partial charge is 0.257 e. The Kier molecular flexibility index (Phi) is 8.77. The predicted octanol–water partition coefficient (Wildman–Crippen LogP) is 2.70. The molecule has 2 rings (SSSR count). The van der Waals surface area contributed by atoms with Crippen LogP contribution in [0.3, 0.4) is 0 Å². The Morgan fingerprint density at radius 3 is 1.77 bits per heavy atom. The van der Waals surface area contributed by atoms with Crippen molar-refractivity contribution in [2.45, 2.75) is 19.8 Å². The van der Waals surface area contributed by atoms with Crippen molar-refractivity contribution in [3.8, 4) is 0 Å². The molecule has 0 saturated heterocycles. The summed E-state index contributed by atoms with van der Waals surface area (Å²) in [6.07, 6.45) is -0.470. The maximum absolute atomic E-state index is 12.8. The fourth-order valence-corrected chi connectivity index (χ4v) is 3.15. The van der Waals surface area contributed by atoms with Crippen molar-refractivity contribution >= 4 is 52.1 Å². The van der Waals surface area contributed by atoms with Gasteiger partial charge in [0.1, 0.15) is 16.4 Å². The van der Waals surface area contributed by atoms with Crippen LogP contribution >= 0.6 is 24.4 Å². The van der Waals surface area contributed by atoms with E-state index >= 15 is 0 Å². The highest BCUT2D eigenvalue weighted by atomic mass is 32.1. The number of carbonyl (C=O) groups excluding carboxylic acids is 3. The summed E-state index contributed by atoms with van der Waals surface area (Å²) in [5, 5.41) is 3.57. The molecule has 0 unspecified atom stereocenters. The first-order valence-electron chi connectivity index (χ1n) is 9.57. The van der Waals surface area contributed by atoms with Gasteiger partial charge in [-0.1, -0.05) is 92.0 Å². The van der Waals surface area contributed by atoms with Gasteiger partial charge in [0.05, 0.1) is 0 Å². The minimum atomic E-state index is -0.691. The van der Waals surface area contributed by atoms with Gasteiger partial charge in [-0.05, 0) is 0 Å². The van der Waals surface area contributed by atoms with Gasteiger partial charge in [0.25, 0.3) is 5.91 Å². The number of hydrogen-bond acceptors (Lipinski definition) is 5. The van der Waals surface area contributed by atoms with Crippen molar-refractivity contribution in [1.29, 1.82) is 0 Å². The van der Waals surface area contributed by atoms with Crippen molar-refractivity contribution in [2.75, 3.05) is 14.1 Å². The summed E-state index contributed by atoms with van der Waals surface area (Å²) in [6, 6.07) is 18.2. The van der Waals surface area contributed by atoms with Crippen LogP contribution in [-0.4, -0.2) is 56.8 Å². The number of imide groups is 1. The number of carbonyl (C=O) groups is 3. The van der Waals surface area contributed by atoms with Gasteiger partial charge in [-0.3, -0.25) is 29.8 Å². The topological polar surface area (TPSA) is 73.0 Å². The molecule has 3 amide bonds. The first-order valence-corrected chi connectivity index (χ1v) is 10.4. The number of thiocarbonyl (C=S) groups is 2. The molecule has 0 saturated carbocycles. The summed E-state index contributed by atoms with van der Waals surface area (Å²) < 4.78 is 0. The summed E-state index contributed by atoms with van der Waals surface area (Å²) in [5.74, 6) is -1.75. The maximum Gasteiger partial charge on any atom is 0.257 e. The normalized spacial score (nSPS) is 10.0. The van der Waals surface area contributed by atoms with E-state index in [0.29, 0.717) is 15.5 Å². The van der Waals surface area contributed by atoms with Gasteiger partial charge in [-0.2, -0.15) is 5.01 Å². The van der Waals surface area contributed by atoms with Crippen LogP contribution in [0.5, 0.6) is 0 Å². The number of amides is 3. The number of benzene rings is 2. The van der Waals surface area contributed by atoms with Crippen LogP contribution in [0, 0.1) is 0 Å². The van der Waals surface area contributed by atoms with Gasteiger partial charge in [0.2, 0.25) is 11.8 Å². The lowest BCUT2D eigenvalue weighted by atomic mass is 10.2. The van der Waals surface area contributed by atoms with E-state index in [9.17, 15) is 14.4 Å². The Balaban J connectivity index is 2.08. The van der Waals surface area contributed by atoms with E-state index in [1.54, 1.807) is 26.1 Å². The third-order valence-electron chi connectivity index (χ3n) is 4.32. The van der Waals surface area contributed by atoms with Crippen molar-refractivity contribution in [1.82, 2.24) is 20.5 Å². The summed E-state index contributed by atoms with van der Waals surface area (Å²) in [6.45, 7) is 1.63. The van der Waals surface area contributed by atoms with E-state index in [1.807, 2.05) is 48.5 Å². The molecule has 7 nitrogen and oxygen atoms in total. The average molecular weight is 457 g/mol. The van der Waals surface area contributed by atoms with Crippen molar-refractivity contribution < 1.29 is 14.4 Å². The fraction of sp³-hybridized carbons (Fsp3) is 0.227. The molecule has 0 fully saturated rings. The molecule has 31 heavy (non-hydrogen) atoms. The molecular formula is C22H24N4O3S2. The highest BCUT2D eigenvalue weighted by Gasteiger charge is 2.28. The van der Waals surface area contributed by atoms with E-state index in [4.69, 9.17) is 24.4 Å². The molecule has 0 heterocycles. The molecular weight excluding hydrogens is 432 g/mol. The third-order valence-corrected chi connectivity index (χ3v) is 5.33. The van der Waals surface area contributed by atoms with Crippen LogP contribution < -0.4 is 5.43 Å². The van der Waals surface area contributed by atoms with Gasteiger partial charge in [-0.15, -0.1) is 0 Å². The molecule has 0 aliphatic carbocycles. The van der Waals surface area contributed by atoms with E-state index in [2.05, 4.69) is 5.43 Å². The van der Waals surface area contributed by atoms with Crippen LogP contribution in [0.2, 0.25) is 0 Å². The van der Waals surface area contributed by atoms with Crippen molar-refractivity contribution in [3.05, 3.63) is 71.8 Å². The van der Waals surface area contributed by atoms with Crippen molar-refractivity contribution in [3.63, 3.8) is 0 Å². The molecule has 0 aromatic heterocycles. The first kappa shape index (κ1) is 24.1. The quantitative estimate of drug-likeness (QED) is 0.421. The summed E-state index contributed by atoms with van der Waals surface area (Å²) in [7, 11) is 3.11. The minimum Gasteiger partial charge on any atom is -0.277 e. The highest BCUT2D eigenvalue weighted by Crippen LogP contribution is 2.11. The molecule has 0 bridgehead atoms. The highest BCUT2D eigenvalue weighted by molar-refractivity contribution is 7.80. The number of rotatable bonds is 5. The molecule has 0 aliphatic rings. The lowest BCUT2D eigenvalue weighted by Gasteiger charge is -2.32. The SMILES string of the molecule is CCC(=O)N(C(=O)CC(=O)NN(C)C(=S)c1ccccc1)N(C)C(=S)c1ccccc1. The van der Waals surface area contributed by atoms with Gasteiger partial charge >= 0.3 is 0 Å². The molecule has 9 heteroatoms. The van der Waals surface area contributed by atoms with E-state index < -0.39 is 24.1 Å². The zero-order chi connectivity index (χ0) is 23.0. The molecule has 162 valence electrons. The summed E-state index contributed by atoms with van der Waals surface area (Å²) >= 11 is 10.8.